The maximum atomic E-state index is 12.9. The molecule has 0 unspecified atom stereocenters. The monoisotopic (exact) mass is 472 g/mol. The second-order valence-electron chi connectivity index (χ2n) is 8.00. The van der Waals surface area contributed by atoms with E-state index in [4.69, 9.17) is 4.74 Å². The Labute approximate surface area is 202 Å². The van der Waals surface area contributed by atoms with E-state index in [-0.39, 0.29) is 11.4 Å². The number of nitrogens with zero attached hydrogens (tertiary/aromatic N) is 1. The molecule has 0 radical (unpaired) electrons. The molecule has 0 saturated carbocycles. The number of carbonyl (C=O) groups excluding carboxylic acids is 3. The molecule has 3 amide bonds. The Balaban J connectivity index is 1.45. The van der Waals surface area contributed by atoms with Crippen LogP contribution in [0.1, 0.15) is 22.3 Å². The lowest BCUT2D eigenvalue weighted by molar-refractivity contribution is -0.127. The number of carbonyl (C=O) groups is 3. The number of hydrogen-bond donors (Lipinski definition) is 1. The molecular formula is C27H24N2O4S. The third kappa shape index (κ3) is 5.74. The van der Waals surface area contributed by atoms with Gasteiger partial charge in [-0.05, 0) is 66.6 Å². The first-order valence-corrected chi connectivity index (χ1v) is 11.6. The van der Waals surface area contributed by atoms with E-state index in [0.29, 0.717) is 23.6 Å². The summed E-state index contributed by atoms with van der Waals surface area (Å²) < 4.78 is 5.94. The highest BCUT2D eigenvalue weighted by Crippen LogP contribution is 2.34. The van der Waals surface area contributed by atoms with Crippen LogP contribution >= 0.6 is 11.8 Å². The minimum absolute atomic E-state index is 0.250. The normalized spacial score (nSPS) is 14.5. The molecule has 172 valence electrons. The van der Waals surface area contributed by atoms with Crippen LogP contribution in [0, 0.1) is 13.8 Å². The molecular weight excluding hydrogens is 448 g/mol. The van der Waals surface area contributed by atoms with Gasteiger partial charge in [-0.2, -0.15) is 0 Å². The minimum Gasteiger partial charge on any atom is -0.488 e. The number of nitrogens with one attached hydrogen (secondary N) is 1. The topological polar surface area (TPSA) is 75.7 Å². The highest BCUT2D eigenvalue weighted by Gasteiger charge is 2.36. The molecule has 0 aromatic heterocycles. The Hall–Kier alpha value is -3.84. The van der Waals surface area contributed by atoms with Crippen LogP contribution in [0.25, 0.3) is 6.08 Å². The molecule has 6 nitrogen and oxygen atoms in total. The lowest BCUT2D eigenvalue weighted by atomic mass is 10.1. The van der Waals surface area contributed by atoms with Crippen molar-refractivity contribution >= 4 is 40.6 Å². The number of amides is 3. The van der Waals surface area contributed by atoms with Crippen LogP contribution in [0.2, 0.25) is 0 Å². The Bertz CT molecular complexity index is 1250. The van der Waals surface area contributed by atoms with Gasteiger partial charge in [0.1, 0.15) is 18.9 Å². The van der Waals surface area contributed by atoms with E-state index in [0.717, 1.165) is 33.4 Å². The maximum Gasteiger partial charge on any atom is 0.294 e. The van der Waals surface area contributed by atoms with Gasteiger partial charge in [0.05, 0.1) is 4.91 Å². The van der Waals surface area contributed by atoms with E-state index < -0.39 is 17.1 Å². The van der Waals surface area contributed by atoms with Crippen molar-refractivity contribution in [3.63, 3.8) is 0 Å². The number of rotatable bonds is 7. The fourth-order valence-electron chi connectivity index (χ4n) is 3.64. The summed E-state index contributed by atoms with van der Waals surface area (Å²) in [6.45, 7) is 3.91. The lowest BCUT2D eigenvalue weighted by Crippen LogP contribution is -2.36. The molecule has 0 atom stereocenters. The number of para-hydroxylation sites is 1. The van der Waals surface area contributed by atoms with E-state index in [1.807, 2.05) is 86.6 Å². The fraction of sp³-hybridized carbons (Fsp3) is 0.148. The summed E-state index contributed by atoms with van der Waals surface area (Å²) in [5.41, 5.74) is 4.36. The molecule has 3 aromatic rings. The molecule has 0 bridgehead atoms. The summed E-state index contributed by atoms with van der Waals surface area (Å²) in [5.74, 6) is -0.325. The summed E-state index contributed by atoms with van der Waals surface area (Å²) in [6.07, 6.45) is 1.63. The first-order chi connectivity index (χ1) is 16.4. The van der Waals surface area contributed by atoms with Crippen LogP contribution < -0.4 is 10.1 Å². The largest absolute Gasteiger partial charge is 0.488 e. The van der Waals surface area contributed by atoms with Gasteiger partial charge < -0.3 is 10.1 Å². The summed E-state index contributed by atoms with van der Waals surface area (Å²) in [4.78, 5) is 39.1. The van der Waals surface area contributed by atoms with E-state index >= 15 is 0 Å². The van der Waals surface area contributed by atoms with Gasteiger partial charge in [0.25, 0.3) is 11.1 Å². The van der Waals surface area contributed by atoms with Gasteiger partial charge in [-0.15, -0.1) is 0 Å². The zero-order valence-electron chi connectivity index (χ0n) is 18.9. The number of imide groups is 1. The fourth-order valence-corrected chi connectivity index (χ4v) is 4.46. The number of aryl methyl sites for hydroxylation is 2. The van der Waals surface area contributed by atoms with Crippen molar-refractivity contribution < 1.29 is 19.1 Å². The predicted molar refractivity (Wildman–Crippen MR) is 134 cm³/mol. The first-order valence-electron chi connectivity index (χ1n) is 10.8. The van der Waals surface area contributed by atoms with Gasteiger partial charge in [-0.1, -0.05) is 54.6 Å². The molecule has 7 heteroatoms. The van der Waals surface area contributed by atoms with Gasteiger partial charge in [0.2, 0.25) is 5.91 Å². The number of ether oxygens (including phenoxy) is 1. The standard InChI is InChI=1S/C27H24N2O4S/c1-18-12-19(2)14-22(13-18)28-25(30)16-29-26(31)24(34-27(29)32)15-21-10-6-7-11-23(21)33-17-20-8-4-3-5-9-20/h3-15H,16-17H2,1-2H3,(H,28,30)/b24-15+. The molecule has 1 saturated heterocycles. The van der Waals surface area contributed by atoms with Crippen molar-refractivity contribution in [1.82, 2.24) is 4.90 Å². The van der Waals surface area contributed by atoms with Gasteiger partial charge in [0, 0.05) is 11.3 Å². The van der Waals surface area contributed by atoms with Crippen LogP contribution in [0.3, 0.4) is 0 Å². The second kappa shape index (κ2) is 10.4. The summed E-state index contributed by atoms with van der Waals surface area (Å²) in [5, 5.41) is 2.29. The van der Waals surface area contributed by atoms with Gasteiger partial charge in [0.15, 0.2) is 0 Å². The third-order valence-electron chi connectivity index (χ3n) is 5.12. The Morgan fingerprint density at radius 3 is 2.38 bits per heavy atom. The molecule has 4 rings (SSSR count). The predicted octanol–water partition coefficient (Wildman–Crippen LogP) is 5.56. The van der Waals surface area contributed by atoms with Crippen molar-refractivity contribution in [2.75, 3.05) is 11.9 Å². The summed E-state index contributed by atoms with van der Waals surface area (Å²) in [7, 11) is 0. The highest BCUT2D eigenvalue weighted by molar-refractivity contribution is 8.18. The Morgan fingerprint density at radius 1 is 0.971 bits per heavy atom. The maximum absolute atomic E-state index is 12.9. The molecule has 1 aliphatic rings. The van der Waals surface area contributed by atoms with E-state index in [1.54, 1.807) is 6.08 Å². The van der Waals surface area contributed by atoms with E-state index in [1.165, 1.54) is 0 Å². The van der Waals surface area contributed by atoms with Crippen molar-refractivity contribution in [2.24, 2.45) is 0 Å². The molecule has 0 spiro atoms. The second-order valence-corrected chi connectivity index (χ2v) is 9.00. The zero-order chi connectivity index (χ0) is 24.1. The summed E-state index contributed by atoms with van der Waals surface area (Å²) in [6, 6.07) is 22.8. The van der Waals surface area contributed by atoms with Crippen molar-refractivity contribution in [2.45, 2.75) is 20.5 Å². The molecule has 1 fully saturated rings. The minimum atomic E-state index is -0.497. The van der Waals surface area contributed by atoms with Crippen LogP contribution in [-0.4, -0.2) is 28.5 Å². The van der Waals surface area contributed by atoms with Crippen LogP contribution in [-0.2, 0) is 16.2 Å². The average Bonchev–Trinajstić information content (AvgIpc) is 3.06. The average molecular weight is 473 g/mol. The van der Waals surface area contributed by atoms with Crippen molar-refractivity contribution in [1.29, 1.82) is 0 Å². The number of benzene rings is 3. The lowest BCUT2D eigenvalue weighted by Gasteiger charge is -2.13. The molecule has 1 aliphatic heterocycles. The highest BCUT2D eigenvalue weighted by atomic mass is 32.2. The summed E-state index contributed by atoms with van der Waals surface area (Å²) >= 11 is 0.816. The van der Waals surface area contributed by atoms with Crippen LogP contribution in [0.4, 0.5) is 10.5 Å². The number of hydrogen-bond acceptors (Lipinski definition) is 5. The zero-order valence-corrected chi connectivity index (χ0v) is 19.7. The number of thioether (sulfide) groups is 1. The van der Waals surface area contributed by atoms with E-state index in [2.05, 4.69) is 5.32 Å². The first kappa shape index (κ1) is 23.3. The van der Waals surface area contributed by atoms with Gasteiger partial charge in [-0.3, -0.25) is 19.3 Å². The molecule has 1 N–H and O–H groups in total. The van der Waals surface area contributed by atoms with Crippen molar-refractivity contribution in [3.8, 4) is 5.75 Å². The third-order valence-corrected chi connectivity index (χ3v) is 6.03. The van der Waals surface area contributed by atoms with Crippen LogP contribution in [0.15, 0.2) is 77.7 Å². The molecule has 3 aromatic carbocycles. The number of anilines is 1. The van der Waals surface area contributed by atoms with Crippen LogP contribution in [0.5, 0.6) is 5.75 Å². The molecule has 34 heavy (non-hydrogen) atoms. The SMILES string of the molecule is Cc1cc(C)cc(NC(=O)CN2C(=O)S/C(=C/c3ccccc3OCc3ccccc3)C2=O)c1. The van der Waals surface area contributed by atoms with Gasteiger partial charge in [-0.25, -0.2) is 0 Å². The Morgan fingerprint density at radius 2 is 1.65 bits per heavy atom. The quantitative estimate of drug-likeness (QED) is 0.456. The van der Waals surface area contributed by atoms with E-state index in [9.17, 15) is 14.4 Å². The van der Waals surface area contributed by atoms with Gasteiger partial charge >= 0.3 is 0 Å². The Kier molecular flexibility index (Phi) is 7.13. The molecule has 1 heterocycles. The molecule has 0 aliphatic carbocycles. The van der Waals surface area contributed by atoms with Crippen molar-refractivity contribution in [3.05, 3.63) is 100.0 Å². The smallest absolute Gasteiger partial charge is 0.294 e.